The molecule has 3 heteroatoms. The number of carbonyl (C=O) groups is 1. The Hall–Kier alpha value is -2.03. The van der Waals surface area contributed by atoms with Gasteiger partial charge in [0.2, 0.25) is 0 Å². The van der Waals surface area contributed by atoms with E-state index in [4.69, 9.17) is 5.11 Å². The van der Waals surface area contributed by atoms with Crippen molar-refractivity contribution in [3.63, 3.8) is 0 Å². The smallest absolute Gasteiger partial charge is 0.328 e. The molecule has 1 N–H and O–H groups in total. The summed E-state index contributed by atoms with van der Waals surface area (Å²) in [6.45, 7) is 4.07. The Morgan fingerprint density at radius 1 is 1.35 bits per heavy atom. The summed E-state index contributed by atoms with van der Waals surface area (Å²) in [5.74, 6) is -0.925. The Morgan fingerprint density at radius 3 is 2.71 bits per heavy atom. The summed E-state index contributed by atoms with van der Waals surface area (Å²) < 4.78 is 2.02. The van der Waals surface area contributed by atoms with Gasteiger partial charge in [-0.3, -0.25) is 0 Å². The van der Waals surface area contributed by atoms with E-state index in [1.807, 2.05) is 18.5 Å². The van der Waals surface area contributed by atoms with Crippen LogP contribution in [0.15, 0.2) is 24.3 Å². The van der Waals surface area contributed by atoms with E-state index in [1.165, 1.54) is 17.0 Å². The number of rotatable bonds is 2. The van der Waals surface area contributed by atoms with Crippen LogP contribution in [-0.2, 0) is 11.8 Å². The van der Waals surface area contributed by atoms with Crippen LogP contribution >= 0.6 is 0 Å². The van der Waals surface area contributed by atoms with E-state index in [9.17, 15) is 4.79 Å². The number of benzene rings is 1. The van der Waals surface area contributed by atoms with Gasteiger partial charge in [-0.1, -0.05) is 11.6 Å². The molecule has 0 unspecified atom stereocenters. The highest BCUT2D eigenvalue weighted by atomic mass is 16.4. The number of hydrogen-bond acceptors (Lipinski definition) is 1. The number of carboxylic acid groups (broad SMARTS) is 1. The molecule has 88 valence electrons. The minimum absolute atomic E-state index is 0.925. The molecule has 2 rings (SSSR count). The fraction of sp³-hybridized carbons (Fsp3) is 0.214. The van der Waals surface area contributed by atoms with Crippen molar-refractivity contribution in [2.45, 2.75) is 13.8 Å². The molecule has 0 atom stereocenters. The third kappa shape index (κ3) is 1.96. The van der Waals surface area contributed by atoms with Crippen molar-refractivity contribution >= 4 is 22.9 Å². The number of carboxylic acids is 1. The molecular weight excluding hydrogens is 214 g/mol. The van der Waals surface area contributed by atoms with Gasteiger partial charge in [-0.15, -0.1) is 0 Å². The average molecular weight is 229 g/mol. The summed E-state index contributed by atoms with van der Waals surface area (Å²) in [5.41, 5.74) is 4.38. The van der Waals surface area contributed by atoms with E-state index < -0.39 is 5.97 Å². The number of hydrogen-bond donors (Lipinski definition) is 1. The van der Waals surface area contributed by atoms with Crippen LogP contribution in [0.4, 0.5) is 0 Å². The molecule has 0 saturated heterocycles. The Kier molecular flexibility index (Phi) is 2.76. The van der Waals surface area contributed by atoms with Gasteiger partial charge in [0.15, 0.2) is 0 Å². The first-order valence-electron chi connectivity index (χ1n) is 5.47. The molecular formula is C14H15NO2. The van der Waals surface area contributed by atoms with Gasteiger partial charge < -0.3 is 9.67 Å². The Labute approximate surface area is 100.0 Å². The average Bonchev–Trinajstić information content (AvgIpc) is 2.49. The molecule has 0 radical (unpaired) electrons. The molecule has 0 saturated carbocycles. The molecule has 1 aromatic heterocycles. The van der Waals surface area contributed by atoms with Gasteiger partial charge in [-0.2, -0.15) is 0 Å². The van der Waals surface area contributed by atoms with Crippen molar-refractivity contribution in [3.8, 4) is 0 Å². The number of aromatic nitrogens is 1. The van der Waals surface area contributed by atoms with Gasteiger partial charge in [-0.05, 0) is 37.6 Å². The second-order valence-electron chi connectivity index (χ2n) is 4.26. The molecule has 0 aliphatic rings. The maximum Gasteiger partial charge on any atom is 0.328 e. The minimum Gasteiger partial charge on any atom is -0.478 e. The summed E-state index contributed by atoms with van der Waals surface area (Å²) in [5, 5.41) is 9.86. The molecule has 0 aliphatic heterocycles. The van der Waals surface area contributed by atoms with Crippen molar-refractivity contribution in [1.82, 2.24) is 4.57 Å². The second kappa shape index (κ2) is 4.09. The molecule has 2 aromatic rings. The zero-order valence-corrected chi connectivity index (χ0v) is 10.2. The molecule has 0 bridgehead atoms. The second-order valence-corrected chi connectivity index (χ2v) is 4.26. The monoisotopic (exact) mass is 229 g/mol. The lowest BCUT2D eigenvalue weighted by Crippen LogP contribution is -1.93. The van der Waals surface area contributed by atoms with Gasteiger partial charge in [0.05, 0.1) is 0 Å². The normalized spacial score (nSPS) is 11.5. The van der Waals surface area contributed by atoms with Crippen LogP contribution in [-0.4, -0.2) is 15.6 Å². The first-order valence-corrected chi connectivity index (χ1v) is 5.47. The van der Waals surface area contributed by atoms with Gasteiger partial charge in [-0.25, -0.2) is 4.79 Å². The Balaban J connectivity index is 2.68. The number of aliphatic carboxylic acids is 1. The number of aryl methyl sites for hydroxylation is 3. The molecule has 0 spiro atoms. The van der Waals surface area contributed by atoms with E-state index in [0.29, 0.717) is 0 Å². The van der Waals surface area contributed by atoms with Crippen LogP contribution in [0, 0.1) is 13.8 Å². The summed E-state index contributed by atoms with van der Waals surface area (Å²) in [6, 6.07) is 6.25. The zero-order valence-electron chi connectivity index (χ0n) is 10.2. The summed E-state index contributed by atoms with van der Waals surface area (Å²) >= 11 is 0. The molecule has 3 nitrogen and oxygen atoms in total. The third-order valence-corrected chi connectivity index (χ3v) is 3.05. The van der Waals surface area contributed by atoms with Crippen LogP contribution < -0.4 is 0 Å². The number of fused-ring (bicyclic) bond motifs is 1. The first kappa shape index (κ1) is 11.5. The number of nitrogens with zero attached hydrogens (tertiary/aromatic N) is 1. The predicted molar refractivity (Wildman–Crippen MR) is 69.1 cm³/mol. The SMILES string of the molecule is Cc1ccc2c(c1)c(C)c(/C=C/C(=O)O)n2C. The summed E-state index contributed by atoms with van der Waals surface area (Å²) in [6.07, 6.45) is 2.82. The quantitative estimate of drug-likeness (QED) is 0.804. The predicted octanol–water partition coefficient (Wildman–Crippen LogP) is 2.89. The van der Waals surface area contributed by atoms with Crippen LogP contribution in [0.25, 0.3) is 17.0 Å². The summed E-state index contributed by atoms with van der Waals surface area (Å²) in [4.78, 5) is 10.6. The summed E-state index contributed by atoms with van der Waals surface area (Å²) in [7, 11) is 1.95. The molecule has 1 aromatic carbocycles. The lowest BCUT2D eigenvalue weighted by Gasteiger charge is -1.99. The van der Waals surface area contributed by atoms with E-state index in [0.717, 1.165) is 16.8 Å². The van der Waals surface area contributed by atoms with Gasteiger partial charge in [0.25, 0.3) is 0 Å². The van der Waals surface area contributed by atoms with E-state index in [-0.39, 0.29) is 0 Å². The van der Waals surface area contributed by atoms with Crippen LogP contribution in [0.3, 0.4) is 0 Å². The largest absolute Gasteiger partial charge is 0.478 e. The van der Waals surface area contributed by atoms with Gasteiger partial charge in [0, 0.05) is 29.7 Å². The van der Waals surface area contributed by atoms with Gasteiger partial charge >= 0.3 is 5.97 Å². The lowest BCUT2D eigenvalue weighted by molar-refractivity contribution is -0.131. The highest BCUT2D eigenvalue weighted by Crippen LogP contribution is 2.26. The molecule has 0 fully saturated rings. The molecule has 0 aliphatic carbocycles. The Morgan fingerprint density at radius 2 is 2.06 bits per heavy atom. The van der Waals surface area contributed by atoms with Crippen molar-refractivity contribution in [1.29, 1.82) is 0 Å². The standard InChI is InChI=1S/C14H15NO2/c1-9-4-5-13-11(8-9)10(2)12(15(13)3)6-7-14(16)17/h4-8H,1-3H3,(H,16,17)/b7-6+. The van der Waals surface area contributed by atoms with E-state index in [1.54, 1.807) is 6.08 Å². The highest BCUT2D eigenvalue weighted by molar-refractivity contribution is 5.91. The molecule has 17 heavy (non-hydrogen) atoms. The first-order chi connectivity index (χ1) is 8.00. The van der Waals surface area contributed by atoms with Crippen LogP contribution in [0.2, 0.25) is 0 Å². The molecule has 0 amide bonds. The van der Waals surface area contributed by atoms with Crippen LogP contribution in [0.5, 0.6) is 0 Å². The highest BCUT2D eigenvalue weighted by Gasteiger charge is 2.09. The van der Waals surface area contributed by atoms with Crippen molar-refractivity contribution < 1.29 is 9.90 Å². The van der Waals surface area contributed by atoms with Crippen molar-refractivity contribution in [2.75, 3.05) is 0 Å². The third-order valence-electron chi connectivity index (χ3n) is 3.05. The van der Waals surface area contributed by atoms with Crippen molar-refractivity contribution in [2.24, 2.45) is 7.05 Å². The molecule has 1 heterocycles. The van der Waals surface area contributed by atoms with Crippen LogP contribution in [0.1, 0.15) is 16.8 Å². The topological polar surface area (TPSA) is 42.2 Å². The zero-order chi connectivity index (χ0) is 12.6. The van der Waals surface area contributed by atoms with E-state index >= 15 is 0 Å². The van der Waals surface area contributed by atoms with Crippen molar-refractivity contribution in [3.05, 3.63) is 41.1 Å². The lowest BCUT2D eigenvalue weighted by atomic mass is 10.1. The van der Waals surface area contributed by atoms with E-state index in [2.05, 4.69) is 25.1 Å². The fourth-order valence-corrected chi connectivity index (χ4v) is 2.15. The van der Waals surface area contributed by atoms with Gasteiger partial charge in [0.1, 0.15) is 0 Å². The fourth-order valence-electron chi connectivity index (χ4n) is 2.15. The minimum atomic E-state index is -0.925. The maximum absolute atomic E-state index is 10.6. The maximum atomic E-state index is 10.6. The Bertz CT molecular complexity index is 621.